The lowest BCUT2D eigenvalue weighted by atomic mass is 10.1. The van der Waals surface area contributed by atoms with Gasteiger partial charge in [0.1, 0.15) is 12.7 Å². The van der Waals surface area contributed by atoms with E-state index in [0.29, 0.717) is 0 Å². The summed E-state index contributed by atoms with van der Waals surface area (Å²) in [5, 5.41) is 7.50. The summed E-state index contributed by atoms with van der Waals surface area (Å²) in [6, 6.07) is 15.2. The van der Waals surface area contributed by atoms with E-state index in [2.05, 4.69) is 0 Å². The lowest BCUT2D eigenvalue weighted by molar-refractivity contribution is 0.125. The van der Waals surface area contributed by atoms with E-state index in [1.54, 1.807) is 12.1 Å². The third kappa shape index (κ3) is 8.70. The summed E-state index contributed by atoms with van der Waals surface area (Å²) in [4.78, 5) is 12.2. The molecule has 32 heavy (non-hydrogen) atoms. The van der Waals surface area contributed by atoms with Crippen molar-refractivity contribution in [1.29, 1.82) is 5.41 Å². The zero-order valence-corrected chi connectivity index (χ0v) is 20.0. The second-order valence-electron chi connectivity index (χ2n) is 6.62. The summed E-state index contributed by atoms with van der Waals surface area (Å²) < 4.78 is 35.0. The van der Waals surface area contributed by atoms with Gasteiger partial charge in [0.25, 0.3) is 13.8 Å². The molecule has 0 radical (unpaired) electrons. The Labute approximate surface area is 201 Å². The Bertz CT molecular complexity index is 1050. The lowest BCUT2D eigenvalue weighted by Gasteiger charge is -2.16. The number of benzene rings is 2. The van der Waals surface area contributed by atoms with Gasteiger partial charge >= 0.3 is 6.09 Å². The first-order valence-corrected chi connectivity index (χ1v) is 11.9. The van der Waals surface area contributed by atoms with Crippen molar-refractivity contribution >= 4 is 56.8 Å². The number of hydrogen-bond acceptors (Lipinski definition) is 6. The van der Waals surface area contributed by atoms with Crippen molar-refractivity contribution in [2.45, 2.75) is 28.1 Å². The molecule has 0 aliphatic heterocycles. The number of amides is 1. The van der Waals surface area contributed by atoms with Gasteiger partial charge in [-0.1, -0.05) is 82.8 Å². The van der Waals surface area contributed by atoms with Gasteiger partial charge in [-0.05, 0) is 36.8 Å². The topological polar surface area (TPSA) is 106 Å². The second-order valence-corrected chi connectivity index (χ2v) is 10.6. The largest absolute Gasteiger partial charge is 0.474 e. The van der Waals surface area contributed by atoms with Gasteiger partial charge in [-0.3, -0.25) is 5.41 Å². The predicted molar refractivity (Wildman–Crippen MR) is 125 cm³/mol. The fourth-order valence-corrected chi connectivity index (χ4v) is 3.51. The zero-order valence-electron chi connectivity index (χ0n) is 16.9. The molecule has 1 unspecified atom stereocenters. The van der Waals surface area contributed by atoms with E-state index in [1.165, 1.54) is 24.3 Å². The Morgan fingerprint density at radius 3 is 2.34 bits per heavy atom. The number of nitrogens with one attached hydrogen (secondary N) is 2. The molecule has 2 aromatic carbocycles. The van der Waals surface area contributed by atoms with Crippen molar-refractivity contribution in [2.24, 2.45) is 0 Å². The molecule has 1 atom stereocenters. The molecule has 0 fully saturated rings. The summed E-state index contributed by atoms with van der Waals surface area (Å²) >= 11 is 16.6. The third-order valence-corrected chi connectivity index (χ3v) is 5.86. The smallest absolute Gasteiger partial charge is 0.421 e. The van der Waals surface area contributed by atoms with Crippen LogP contribution in [0.3, 0.4) is 0 Å². The molecule has 7 nitrogen and oxygen atoms in total. The summed E-state index contributed by atoms with van der Waals surface area (Å²) in [5.41, 5.74) is 1.73. The first-order valence-electron chi connectivity index (χ1n) is 9.26. The van der Waals surface area contributed by atoms with Gasteiger partial charge in [0.05, 0.1) is 4.90 Å². The van der Waals surface area contributed by atoms with Gasteiger partial charge in [0.2, 0.25) is 5.90 Å². The average Bonchev–Trinajstić information content (AvgIpc) is 2.70. The van der Waals surface area contributed by atoms with E-state index < -0.39 is 31.9 Å². The number of ether oxygens (including phenoxy) is 2. The average molecular weight is 520 g/mol. The van der Waals surface area contributed by atoms with Crippen LogP contribution in [0.1, 0.15) is 11.1 Å². The normalized spacial score (nSPS) is 12.9. The molecular formula is C21H21Cl3N2O5S. The van der Waals surface area contributed by atoms with Gasteiger partial charge in [-0.15, -0.1) is 0 Å². The van der Waals surface area contributed by atoms with Crippen LogP contribution in [0.4, 0.5) is 4.79 Å². The molecule has 2 N–H and O–H groups in total. The Morgan fingerprint density at radius 1 is 1.12 bits per heavy atom. The number of alkyl halides is 3. The highest BCUT2D eigenvalue weighted by molar-refractivity contribution is 7.90. The van der Waals surface area contributed by atoms with E-state index in [0.717, 1.165) is 11.1 Å². The van der Waals surface area contributed by atoms with Crippen molar-refractivity contribution < 1.29 is 22.7 Å². The summed E-state index contributed by atoms with van der Waals surface area (Å²) in [6.45, 7) is 1.70. The molecule has 0 aromatic heterocycles. The molecule has 0 spiro atoms. The standard InChI is InChI=1S/C21H21Cl3N2O5S/c1-15-9-11-18(12-10-15)32(28,29)26-20(27)31-17(14-16-6-3-2-4-7-16)8-5-13-30-19(25)21(22,23)24/h2-12,17,25H,13-14H2,1H3,(H,26,27)/b8-5+,25-19?. The summed E-state index contributed by atoms with van der Waals surface area (Å²) in [6.07, 6.45) is 1.29. The Hall–Kier alpha value is -2.26. The van der Waals surface area contributed by atoms with E-state index in [9.17, 15) is 13.2 Å². The van der Waals surface area contributed by atoms with Gasteiger partial charge in [-0.25, -0.2) is 17.9 Å². The van der Waals surface area contributed by atoms with Gasteiger partial charge in [-0.2, -0.15) is 0 Å². The number of aryl methyl sites for hydroxylation is 1. The molecule has 172 valence electrons. The van der Waals surface area contributed by atoms with Crippen LogP contribution in [0.5, 0.6) is 0 Å². The zero-order chi connectivity index (χ0) is 23.8. The second kappa shape index (κ2) is 11.6. The van der Waals surface area contributed by atoms with Crippen LogP contribution in [0.15, 0.2) is 71.6 Å². The molecule has 0 aliphatic carbocycles. The van der Waals surface area contributed by atoms with Crippen LogP contribution >= 0.6 is 34.8 Å². The highest BCUT2D eigenvalue weighted by atomic mass is 35.6. The molecule has 0 saturated carbocycles. The lowest BCUT2D eigenvalue weighted by Crippen LogP contribution is -2.34. The SMILES string of the molecule is Cc1ccc(S(=O)(=O)NC(=O)OC(/C=C/COC(=N)C(Cl)(Cl)Cl)Cc2ccccc2)cc1. The highest BCUT2D eigenvalue weighted by Crippen LogP contribution is 2.27. The number of rotatable bonds is 8. The third-order valence-electron chi connectivity index (χ3n) is 4.02. The van der Waals surface area contributed by atoms with Crippen LogP contribution in [-0.2, 0) is 25.9 Å². The fourth-order valence-electron chi connectivity index (χ4n) is 2.46. The van der Waals surface area contributed by atoms with Crippen molar-refractivity contribution in [1.82, 2.24) is 4.72 Å². The molecule has 0 saturated heterocycles. The molecule has 0 bridgehead atoms. The van der Waals surface area contributed by atoms with Crippen LogP contribution in [-0.4, -0.2) is 36.9 Å². The van der Waals surface area contributed by atoms with Crippen molar-refractivity contribution in [3.63, 3.8) is 0 Å². The number of sulfonamides is 1. The van der Waals surface area contributed by atoms with Crippen LogP contribution < -0.4 is 4.72 Å². The Kier molecular flexibility index (Phi) is 9.39. The Morgan fingerprint density at radius 2 is 1.75 bits per heavy atom. The minimum Gasteiger partial charge on any atom is -0.474 e. The van der Waals surface area contributed by atoms with Gasteiger partial charge in [0, 0.05) is 6.42 Å². The van der Waals surface area contributed by atoms with Crippen LogP contribution in [0, 0.1) is 12.3 Å². The first kappa shape index (κ1) is 26.0. The van der Waals surface area contributed by atoms with Crippen molar-refractivity contribution in [2.75, 3.05) is 6.61 Å². The molecule has 2 aromatic rings. The van der Waals surface area contributed by atoms with E-state index in [4.69, 9.17) is 49.7 Å². The van der Waals surface area contributed by atoms with E-state index in [1.807, 2.05) is 42.0 Å². The Balaban J connectivity index is 2.06. The molecule has 0 aliphatic rings. The minimum absolute atomic E-state index is 0.0613. The monoisotopic (exact) mass is 518 g/mol. The predicted octanol–water partition coefficient (Wildman–Crippen LogP) is 4.94. The minimum atomic E-state index is -4.09. The number of carbonyl (C=O) groups is 1. The maximum absolute atomic E-state index is 12.4. The molecular weight excluding hydrogens is 499 g/mol. The molecule has 2 rings (SSSR count). The summed E-state index contributed by atoms with van der Waals surface area (Å²) in [5.74, 6) is -0.561. The highest BCUT2D eigenvalue weighted by Gasteiger charge is 2.28. The number of carbonyl (C=O) groups excluding carboxylic acids is 1. The van der Waals surface area contributed by atoms with Crippen LogP contribution in [0.25, 0.3) is 0 Å². The molecule has 11 heteroatoms. The first-order chi connectivity index (χ1) is 15.0. The maximum Gasteiger partial charge on any atom is 0.421 e. The van der Waals surface area contributed by atoms with E-state index in [-0.39, 0.29) is 17.9 Å². The number of halogens is 3. The summed E-state index contributed by atoms with van der Waals surface area (Å²) in [7, 11) is -4.09. The van der Waals surface area contributed by atoms with Gasteiger partial charge in [0.15, 0.2) is 0 Å². The fraction of sp³-hybridized carbons (Fsp3) is 0.238. The van der Waals surface area contributed by atoms with Crippen LogP contribution in [0.2, 0.25) is 0 Å². The van der Waals surface area contributed by atoms with E-state index >= 15 is 0 Å². The quantitative estimate of drug-likeness (QED) is 0.222. The van der Waals surface area contributed by atoms with Crippen molar-refractivity contribution in [3.05, 3.63) is 77.9 Å². The van der Waals surface area contributed by atoms with Gasteiger partial charge < -0.3 is 9.47 Å². The number of hydrogen-bond donors (Lipinski definition) is 2. The molecule has 0 heterocycles. The maximum atomic E-state index is 12.4. The molecule has 1 amide bonds. The van der Waals surface area contributed by atoms with Crippen molar-refractivity contribution in [3.8, 4) is 0 Å².